The van der Waals surface area contributed by atoms with E-state index in [4.69, 9.17) is 14.5 Å². The van der Waals surface area contributed by atoms with Crippen LogP contribution in [0.4, 0.5) is 10.1 Å². The number of ether oxygens (including phenoxy) is 2. The van der Waals surface area contributed by atoms with Gasteiger partial charge in [-0.25, -0.2) is 9.38 Å². The molecular formula is C37H32FN3O3S. The van der Waals surface area contributed by atoms with Gasteiger partial charge in [-0.05, 0) is 103 Å². The van der Waals surface area contributed by atoms with E-state index in [0.717, 1.165) is 39.6 Å². The van der Waals surface area contributed by atoms with Crippen LogP contribution in [0.3, 0.4) is 0 Å². The normalized spacial score (nSPS) is 14.8. The number of halogens is 1. The summed E-state index contributed by atoms with van der Waals surface area (Å²) in [6.07, 6.45) is 1.95. The largest absolute Gasteiger partial charge is 0.497 e. The van der Waals surface area contributed by atoms with Gasteiger partial charge in [0.2, 0.25) is 0 Å². The second-order valence-electron chi connectivity index (χ2n) is 10.6. The number of carbonyl (C=O) groups excluding carboxylic acids is 1. The van der Waals surface area contributed by atoms with Crippen LogP contribution >= 0.6 is 11.8 Å². The average molecular weight is 618 g/mol. The predicted molar refractivity (Wildman–Crippen MR) is 179 cm³/mol. The van der Waals surface area contributed by atoms with Gasteiger partial charge in [-0.15, -0.1) is 0 Å². The average Bonchev–Trinajstić information content (AvgIpc) is 3.50. The van der Waals surface area contributed by atoms with E-state index < -0.39 is 0 Å². The van der Waals surface area contributed by atoms with Crippen molar-refractivity contribution in [3.05, 3.63) is 148 Å². The van der Waals surface area contributed by atoms with Gasteiger partial charge in [0.1, 0.15) is 23.9 Å². The molecule has 1 saturated heterocycles. The summed E-state index contributed by atoms with van der Waals surface area (Å²) in [6.45, 7) is 4.63. The fraction of sp³-hybridized carbons (Fsp3) is 0.135. The standard InChI is InChI=1S/C37H32FN3O3S/c1-25-21-29(26(2)41(25)31-15-19-33(20-16-31)44-24-28-9-7-8-12-34(28)38)22-35-36(42)40(23-27-13-17-32(43-3)18-14-27)37(45-35)39-30-10-5-4-6-11-30/h4-22H,23-24H2,1-3H3/b35-22-,39-37?. The Kier molecular flexibility index (Phi) is 8.84. The molecule has 1 fully saturated rings. The summed E-state index contributed by atoms with van der Waals surface area (Å²) in [5.74, 6) is 1.05. The number of methoxy groups -OCH3 is 1. The van der Waals surface area contributed by atoms with Gasteiger partial charge in [-0.2, -0.15) is 0 Å². The number of hydrogen-bond acceptors (Lipinski definition) is 5. The summed E-state index contributed by atoms with van der Waals surface area (Å²) in [4.78, 5) is 21.0. The lowest BCUT2D eigenvalue weighted by atomic mass is 10.2. The van der Waals surface area contributed by atoms with E-state index in [2.05, 4.69) is 10.6 Å². The maximum Gasteiger partial charge on any atom is 0.267 e. The summed E-state index contributed by atoms with van der Waals surface area (Å²) in [6, 6.07) is 33.8. The quantitative estimate of drug-likeness (QED) is 0.155. The fourth-order valence-electron chi connectivity index (χ4n) is 5.20. The van der Waals surface area contributed by atoms with Crippen molar-refractivity contribution in [2.24, 2.45) is 4.99 Å². The SMILES string of the molecule is COc1ccc(CN2C(=O)/C(=C/c3cc(C)n(-c4ccc(OCc5ccccc5F)cc4)c3C)SC2=Nc2ccccc2)cc1. The van der Waals surface area contributed by atoms with E-state index in [-0.39, 0.29) is 18.3 Å². The van der Waals surface area contributed by atoms with E-state index in [0.29, 0.717) is 27.9 Å². The zero-order valence-electron chi connectivity index (χ0n) is 25.2. The molecule has 0 unspecified atom stereocenters. The Labute approximate surface area is 266 Å². The first-order valence-electron chi connectivity index (χ1n) is 14.5. The molecule has 1 amide bonds. The molecule has 5 aromatic rings. The minimum atomic E-state index is -0.282. The van der Waals surface area contributed by atoms with Crippen molar-refractivity contribution in [3.63, 3.8) is 0 Å². The third-order valence-corrected chi connectivity index (χ3v) is 8.58. The van der Waals surface area contributed by atoms with Crippen LogP contribution in [0.15, 0.2) is 119 Å². The number of para-hydroxylation sites is 1. The van der Waals surface area contributed by atoms with Crippen molar-refractivity contribution in [1.82, 2.24) is 9.47 Å². The molecule has 0 atom stereocenters. The number of carbonyl (C=O) groups is 1. The van der Waals surface area contributed by atoms with E-state index in [1.54, 1.807) is 30.2 Å². The zero-order valence-corrected chi connectivity index (χ0v) is 26.1. The van der Waals surface area contributed by atoms with Crippen LogP contribution in [0.5, 0.6) is 11.5 Å². The van der Waals surface area contributed by atoms with Gasteiger partial charge in [-0.1, -0.05) is 48.5 Å². The van der Waals surface area contributed by atoms with Crippen LogP contribution in [-0.2, 0) is 17.9 Å². The molecule has 2 heterocycles. The summed E-state index contributed by atoms with van der Waals surface area (Å²) >= 11 is 1.38. The number of thioether (sulfide) groups is 1. The first kappa shape index (κ1) is 30.0. The van der Waals surface area contributed by atoms with Crippen LogP contribution in [0.25, 0.3) is 11.8 Å². The molecule has 4 aromatic carbocycles. The molecule has 0 aliphatic carbocycles. The van der Waals surface area contributed by atoms with Crippen molar-refractivity contribution >= 4 is 34.6 Å². The van der Waals surface area contributed by atoms with Crippen LogP contribution in [-0.4, -0.2) is 27.7 Å². The highest BCUT2D eigenvalue weighted by atomic mass is 32.2. The number of aliphatic imine (C=N–C) groups is 1. The van der Waals surface area contributed by atoms with Crippen molar-refractivity contribution in [2.45, 2.75) is 27.0 Å². The number of benzene rings is 4. The molecule has 45 heavy (non-hydrogen) atoms. The summed E-state index contributed by atoms with van der Waals surface area (Å²) in [5.41, 5.74) is 6.22. The third kappa shape index (κ3) is 6.71. The highest BCUT2D eigenvalue weighted by molar-refractivity contribution is 8.18. The number of amides is 1. The van der Waals surface area contributed by atoms with Gasteiger partial charge in [0, 0.05) is 22.6 Å². The monoisotopic (exact) mass is 617 g/mol. The Morgan fingerprint density at radius 2 is 1.56 bits per heavy atom. The van der Waals surface area contributed by atoms with E-state index in [9.17, 15) is 9.18 Å². The Hall–Kier alpha value is -5.08. The summed E-state index contributed by atoms with van der Waals surface area (Å²) in [7, 11) is 1.63. The molecule has 6 nitrogen and oxygen atoms in total. The summed E-state index contributed by atoms with van der Waals surface area (Å²) in [5, 5.41) is 0.632. The maximum absolute atomic E-state index is 14.0. The lowest BCUT2D eigenvalue weighted by Gasteiger charge is -2.16. The third-order valence-electron chi connectivity index (χ3n) is 7.57. The van der Waals surface area contributed by atoms with Gasteiger partial charge in [0.15, 0.2) is 5.17 Å². The number of aromatic nitrogens is 1. The van der Waals surface area contributed by atoms with E-state index >= 15 is 0 Å². The molecule has 1 aliphatic rings. The second kappa shape index (κ2) is 13.3. The van der Waals surface area contributed by atoms with Crippen molar-refractivity contribution in [3.8, 4) is 17.2 Å². The molecule has 6 rings (SSSR count). The molecule has 1 aliphatic heterocycles. The summed E-state index contributed by atoms with van der Waals surface area (Å²) < 4.78 is 27.2. The van der Waals surface area contributed by atoms with Gasteiger partial charge >= 0.3 is 0 Å². The molecule has 1 aromatic heterocycles. The van der Waals surface area contributed by atoms with E-state index in [1.807, 2.05) is 98.8 Å². The maximum atomic E-state index is 14.0. The lowest BCUT2D eigenvalue weighted by Crippen LogP contribution is -2.28. The van der Waals surface area contributed by atoms with Gasteiger partial charge in [-0.3, -0.25) is 9.69 Å². The smallest absolute Gasteiger partial charge is 0.267 e. The highest BCUT2D eigenvalue weighted by Gasteiger charge is 2.34. The molecule has 0 N–H and O–H groups in total. The first-order chi connectivity index (χ1) is 21.9. The molecule has 0 bridgehead atoms. The van der Waals surface area contributed by atoms with Crippen LogP contribution in [0.2, 0.25) is 0 Å². The second-order valence-corrected chi connectivity index (χ2v) is 11.6. The Morgan fingerprint density at radius 3 is 2.27 bits per heavy atom. The van der Waals surface area contributed by atoms with Crippen molar-refractivity contribution < 1.29 is 18.7 Å². The van der Waals surface area contributed by atoms with Crippen LogP contribution < -0.4 is 9.47 Å². The molecule has 0 radical (unpaired) electrons. The van der Waals surface area contributed by atoms with Gasteiger partial charge < -0.3 is 14.0 Å². The number of hydrogen-bond donors (Lipinski definition) is 0. The fourth-order valence-corrected chi connectivity index (χ4v) is 6.19. The number of nitrogens with zero attached hydrogens (tertiary/aromatic N) is 3. The first-order valence-corrected chi connectivity index (χ1v) is 15.3. The number of amidine groups is 1. The Morgan fingerprint density at radius 1 is 0.867 bits per heavy atom. The Balaban J connectivity index is 1.25. The molecule has 0 saturated carbocycles. The van der Waals surface area contributed by atoms with Gasteiger partial charge in [0.25, 0.3) is 5.91 Å². The highest BCUT2D eigenvalue weighted by Crippen LogP contribution is 2.36. The molecule has 0 spiro atoms. The van der Waals surface area contributed by atoms with Crippen molar-refractivity contribution in [1.29, 1.82) is 0 Å². The predicted octanol–water partition coefficient (Wildman–Crippen LogP) is 8.63. The Bertz CT molecular complexity index is 1880. The van der Waals surface area contributed by atoms with Crippen LogP contribution in [0, 0.1) is 19.7 Å². The number of rotatable bonds is 9. The molecular weight excluding hydrogens is 585 g/mol. The van der Waals surface area contributed by atoms with Gasteiger partial charge in [0.05, 0.1) is 24.2 Å². The minimum Gasteiger partial charge on any atom is -0.497 e. The lowest BCUT2D eigenvalue weighted by molar-refractivity contribution is -0.122. The topological polar surface area (TPSA) is 56.1 Å². The molecule has 8 heteroatoms. The minimum absolute atomic E-state index is 0.0911. The zero-order chi connectivity index (χ0) is 31.3. The molecule has 226 valence electrons. The van der Waals surface area contributed by atoms with Crippen molar-refractivity contribution in [2.75, 3.05) is 7.11 Å². The van der Waals surface area contributed by atoms with Crippen LogP contribution in [0.1, 0.15) is 28.1 Å². The van der Waals surface area contributed by atoms with E-state index in [1.165, 1.54) is 17.8 Å². The number of aryl methyl sites for hydroxylation is 1.